The van der Waals surface area contributed by atoms with Crippen LogP contribution in [-0.4, -0.2) is 12.6 Å². The molecule has 0 bridgehead atoms. The monoisotopic (exact) mass is 371 g/mol. The van der Waals surface area contributed by atoms with Crippen LogP contribution >= 0.6 is 0 Å². The van der Waals surface area contributed by atoms with E-state index < -0.39 is 5.97 Å². The number of ether oxygens (including phenoxy) is 1. The summed E-state index contributed by atoms with van der Waals surface area (Å²) in [7, 11) is 0. The Kier molecular flexibility index (Phi) is 5.93. The molecule has 0 amide bonds. The Morgan fingerprint density at radius 1 is 1.04 bits per heavy atom. The first kappa shape index (κ1) is 19.0. The number of nitrogen functional groups attached to an aromatic ring is 1. The topological polar surface area (TPSA) is 88.1 Å². The van der Waals surface area contributed by atoms with Crippen molar-refractivity contribution in [2.24, 2.45) is 0 Å². The highest BCUT2D eigenvalue weighted by Gasteiger charge is 2.15. The third kappa shape index (κ3) is 3.97. The van der Waals surface area contributed by atoms with E-state index in [1.54, 1.807) is 31.2 Å². The first-order chi connectivity index (χ1) is 13.7. The third-order valence-electron chi connectivity index (χ3n) is 4.40. The highest BCUT2D eigenvalue weighted by molar-refractivity contribution is 5.98. The summed E-state index contributed by atoms with van der Waals surface area (Å²) in [5, 5.41) is 12.7. The number of benzene rings is 3. The van der Waals surface area contributed by atoms with Crippen molar-refractivity contribution >= 4 is 17.3 Å². The van der Waals surface area contributed by atoms with Crippen LogP contribution in [0, 0.1) is 11.3 Å². The van der Waals surface area contributed by atoms with Crippen LogP contribution in [0.3, 0.4) is 0 Å². The molecule has 0 fully saturated rings. The molecule has 0 aliphatic rings. The van der Waals surface area contributed by atoms with E-state index >= 15 is 0 Å². The summed E-state index contributed by atoms with van der Waals surface area (Å²) < 4.78 is 5.13. The number of hydrogen-bond acceptors (Lipinski definition) is 5. The second kappa shape index (κ2) is 8.74. The number of anilines is 2. The molecular weight excluding hydrogens is 350 g/mol. The maximum atomic E-state index is 12.2. The average molecular weight is 371 g/mol. The lowest BCUT2D eigenvalue weighted by Gasteiger charge is -2.16. The van der Waals surface area contributed by atoms with E-state index in [1.807, 2.05) is 42.5 Å². The Hall–Kier alpha value is -3.78. The largest absolute Gasteiger partial charge is 0.462 e. The van der Waals surface area contributed by atoms with Crippen molar-refractivity contribution in [3.8, 4) is 17.2 Å². The number of carbonyl (C=O) groups is 1. The molecule has 0 radical (unpaired) electrons. The fourth-order valence-electron chi connectivity index (χ4n) is 3.08. The van der Waals surface area contributed by atoms with Crippen LogP contribution < -0.4 is 11.1 Å². The normalized spacial score (nSPS) is 10.1. The molecule has 28 heavy (non-hydrogen) atoms. The fourth-order valence-corrected chi connectivity index (χ4v) is 3.08. The summed E-state index contributed by atoms with van der Waals surface area (Å²) in [6.45, 7) is 2.50. The number of esters is 1. The number of nitrogens with one attached hydrogen (secondary N) is 1. The van der Waals surface area contributed by atoms with Gasteiger partial charge in [0.2, 0.25) is 0 Å². The van der Waals surface area contributed by atoms with E-state index in [4.69, 9.17) is 10.5 Å². The average Bonchev–Trinajstić information content (AvgIpc) is 2.73. The van der Waals surface area contributed by atoms with Gasteiger partial charge in [0, 0.05) is 6.54 Å². The molecule has 0 aliphatic carbocycles. The lowest BCUT2D eigenvalue weighted by Crippen LogP contribution is -2.12. The van der Waals surface area contributed by atoms with Crippen molar-refractivity contribution in [3.05, 3.63) is 83.4 Å². The SMILES string of the molecule is CCOC(=O)c1cccc(N)c1NCc1ccccc1-c1ccccc1C#N. The number of nitrogens with zero attached hydrogens (tertiary/aromatic N) is 1. The van der Waals surface area contributed by atoms with Gasteiger partial charge in [-0.15, -0.1) is 0 Å². The van der Waals surface area contributed by atoms with E-state index in [0.717, 1.165) is 16.7 Å². The molecule has 0 saturated heterocycles. The molecule has 5 heteroatoms. The Morgan fingerprint density at radius 2 is 1.75 bits per heavy atom. The molecule has 3 N–H and O–H groups in total. The second-order valence-electron chi connectivity index (χ2n) is 6.16. The highest BCUT2D eigenvalue weighted by atomic mass is 16.5. The summed E-state index contributed by atoms with van der Waals surface area (Å²) in [5.41, 5.74) is 10.9. The van der Waals surface area contributed by atoms with Crippen LogP contribution in [0.1, 0.15) is 28.4 Å². The number of hydrogen-bond donors (Lipinski definition) is 2. The number of nitrogens with two attached hydrogens (primary N) is 1. The molecule has 3 aromatic rings. The molecule has 0 spiro atoms. The van der Waals surface area contributed by atoms with Crippen LogP contribution in [0.5, 0.6) is 0 Å². The van der Waals surface area contributed by atoms with Gasteiger partial charge in [0.05, 0.1) is 35.2 Å². The van der Waals surface area contributed by atoms with Gasteiger partial charge in [-0.25, -0.2) is 4.79 Å². The minimum absolute atomic E-state index is 0.293. The molecule has 0 aromatic heterocycles. The minimum Gasteiger partial charge on any atom is -0.462 e. The Labute approximate surface area is 164 Å². The molecule has 0 aliphatic heterocycles. The van der Waals surface area contributed by atoms with Gasteiger partial charge in [0.25, 0.3) is 0 Å². The smallest absolute Gasteiger partial charge is 0.340 e. The van der Waals surface area contributed by atoms with Crippen molar-refractivity contribution in [2.45, 2.75) is 13.5 Å². The van der Waals surface area contributed by atoms with Gasteiger partial charge in [-0.3, -0.25) is 0 Å². The number of para-hydroxylation sites is 1. The molecule has 5 nitrogen and oxygen atoms in total. The number of nitriles is 1. The predicted octanol–water partition coefficient (Wildman–Crippen LogP) is 4.60. The third-order valence-corrected chi connectivity index (χ3v) is 4.40. The molecule has 0 heterocycles. The lowest BCUT2D eigenvalue weighted by atomic mass is 9.95. The van der Waals surface area contributed by atoms with Gasteiger partial charge in [0.1, 0.15) is 0 Å². The Morgan fingerprint density at radius 3 is 2.50 bits per heavy atom. The first-order valence-corrected chi connectivity index (χ1v) is 9.02. The van der Waals surface area contributed by atoms with Crippen LogP contribution in [0.2, 0.25) is 0 Å². The summed E-state index contributed by atoms with van der Waals surface area (Å²) >= 11 is 0. The van der Waals surface area contributed by atoms with Gasteiger partial charge < -0.3 is 15.8 Å². The van der Waals surface area contributed by atoms with Gasteiger partial charge >= 0.3 is 5.97 Å². The van der Waals surface area contributed by atoms with Crippen molar-refractivity contribution in [3.63, 3.8) is 0 Å². The number of carbonyl (C=O) groups excluding carboxylic acids is 1. The summed E-state index contributed by atoms with van der Waals surface area (Å²) in [6, 6.07) is 22.7. The zero-order chi connectivity index (χ0) is 19.9. The van der Waals surface area contributed by atoms with Gasteiger partial charge in [0.15, 0.2) is 0 Å². The molecule has 3 rings (SSSR count). The summed E-state index contributed by atoms with van der Waals surface area (Å²) in [6.07, 6.45) is 0. The standard InChI is InChI=1S/C23H21N3O2/c1-2-28-23(27)20-12-7-13-21(25)22(20)26-15-17-9-4-6-11-19(17)18-10-5-3-8-16(18)14-24/h3-13,26H,2,15,25H2,1H3. The van der Waals surface area contributed by atoms with E-state index in [1.165, 1.54) is 0 Å². The zero-order valence-electron chi connectivity index (χ0n) is 15.6. The maximum absolute atomic E-state index is 12.2. The van der Waals surface area contributed by atoms with Crippen molar-refractivity contribution in [1.29, 1.82) is 5.26 Å². The van der Waals surface area contributed by atoms with Gasteiger partial charge in [-0.2, -0.15) is 5.26 Å². The second-order valence-corrected chi connectivity index (χ2v) is 6.16. The zero-order valence-corrected chi connectivity index (χ0v) is 15.6. The summed E-state index contributed by atoms with van der Waals surface area (Å²) in [4.78, 5) is 12.2. The molecule has 0 atom stereocenters. The van der Waals surface area contributed by atoms with Gasteiger partial charge in [-0.05, 0) is 41.8 Å². The van der Waals surface area contributed by atoms with E-state index in [9.17, 15) is 10.1 Å². The molecule has 0 saturated carbocycles. The van der Waals surface area contributed by atoms with E-state index in [2.05, 4.69) is 11.4 Å². The molecule has 0 unspecified atom stereocenters. The fraction of sp³-hybridized carbons (Fsp3) is 0.130. The lowest BCUT2D eigenvalue weighted by molar-refractivity contribution is 0.0527. The van der Waals surface area contributed by atoms with Crippen LogP contribution in [0.15, 0.2) is 66.7 Å². The number of rotatable bonds is 6. The Balaban J connectivity index is 1.94. The first-order valence-electron chi connectivity index (χ1n) is 9.02. The highest BCUT2D eigenvalue weighted by Crippen LogP contribution is 2.29. The van der Waals surface area contributed by atoms with Crippen LogP contribution in [-0.2, 0) is 11.3 Å². The summed E-state index contributed by atoms with van der Waals surface area (Å²) in [5.74, 6) is -0.416. The van der Waals surface area contributed by atoms with Crippen molar-refractivity contribution in [2.75, 3.05) is 17.7 Å². The molecule has 140 valence electrons. The van der Waals surface area contributed by atoms with E-state index in [-0.39, 0.29) is 0 Å². The molecular formula is C23H21N3O2. The predicted molar refractivity (Wildman–Crippen MR) is 111 cm³/mol. The van der Waals surface area contributed by atoms with Crippen LogP contribution in [0.4, 0.5) is 11.4 Å². The van der Waals surface area contributed by atoms with Crippen molar-refractivity contribution in [1.82, 2.24) is 0 Å². The van der Waals surface area contributed by atoms with Crippen LogP contribution in [0.25, 0.3) is 11.1 Å². The van der Waals surface area contributed by atoms with Crippen molar-refractivity contribution < 1.29 is 9.53 Å². The maximum Gasteiger partial charge on any atom is 0.340 e. The minimum atomic E-state index is -0.416. The van der Waals surface area contributed by atoms with E-state index in [0.29, 0.717) is 35.7 Å². The molecule has 3 aromatic carbocycles. The van der Waals surface area contributed by atoms with Gasteiger partial charge in [-0.1, -0.05) is 48.5 Å². The quantitative estimate of drug-likeness (QED) is 0.488. The Bertz CT molecular complexity index is 1040.